The van der Waals surface area contributed by atoms with Gasteiger partial charge in [-0.15, -0.1) is 0 Å². The summed E-state index contributed by atoms with van der Waals surface area (Å²) in [4.78, 5) is 4.24. The van der Waals surface area contributed by atoms with Crippen LogP contribution >= 0.6 is 0 Å². The van der Waals surface area contributed by atoms with Crippen LogP contribution in [0.5, 0.6) is 0 Å². The molecule has 0 saturated carbocycles. The number of nitrogens with zero attached hydrogens (tertiary/aromatic N) is 1. The molecular weight excluding hydrogens is 201 g/mol. The number of pyridine rings is 1. The SMILES string of the molecule is CCc1ccc(F)c(-c2ncccc2C)c1. The highest BCUT2D eigenvalue weighted by Gasteiger charge is 2.09. The van der Waals surface area contributed by atoms with Crippen molar-refractivity contribution in [1.82, 2.24) is 4.98 Å². The fourth-order valence-electron chi connectivity index (χ4n) is 1.74. The van der Waals surface area contributed by atoms with Crippen LogP contribution in [-0.4, -0.2) is 4.98 Å². The first kappa shape index (κ1) is 10.8. The van der Waals surface area contributed by atoms with Crippen LogP contribution in [0, 0.1) is 12.7 Å². The van der Waals surface area contributed by atoms with Crippen LogP contribution in [0.25, 0.3) is 11.3 Å². The van der Waals surface area contributed by atoms with E-state index >= 15 is 0 Å². The lowest BCUT2D eigenvalue weighted by Crippen LogP contribution is -1.92. The highest BCUT2D eigenvalue weighted by atomic mass is 19.1. The number of halogens is 1. The highest BCUT2D eigenvalue weighted by Crippen LogP contribution is 2.24. The zero-order valence-corrected chi connectivity index (χ0v) is 9.50. The lowest BCUT2D eigenvalue weighted by atomic mass is 10.0. The molecule has 0 aliphatic carbocycles. The van der Waals surface area contributed by atoms with Gasteiger partial charge in [0.15, 0.2) is 0 Å². The Morgan fingerprint density at radius 3 is 2.75 bits per heavy atom. The van der Waals surface area contributed by atoms with E-state index in [9.17, 15) is 4.39 Å². The minimum Gasteiger partial charge on any atom is -0.256 e. The molecule has 2 heteroatoms. The third-order valence-electron chi connectivity index (χ3n) is 2.70. The maximum absolute atomic E-state index is 13.7. The molecule has 2 rings (SSSR count). The summed E-state index contributed by atoms with van der Waals surface area (Å²) in [6, 6.07) is 9.02. The largest absolute Gasteiger partial charge is 0.256 e. The first-order chi connectivity index (χ1) is 7.72. The summed E-state index contributed by atoms with van der Waals surface area (Å²) in [6.45, 7) is 4.00. The van der Waals surface area contributed by atoms with Crippen molar-refractivity contribution in [3.8, 4) is 11.3 Å². The Morgan fingerprint density at radius 2 is 2.06 bits per heavy atom. The van der Waals surface area contributed by atoms with Gasteiger partial charge in [-0.1, -0.05) is 19.1 Å². The molecule has 0 fully saturated rings. The van der Waals surface area contributed by atoms with Gasteiger partial charge < -0.3 is 0 Å². The molecule has 0 spiro atoms. The fraction of sp³-hybridized carbons (Fsp3) is 0.214. The van der Waals surface area contributed by atoms with Crippen molar-refractivity contribution in [3.63, 3.8) is 0 Å². The number of hydrogen-bond donors (Lipinski definition) is 0. The van der Waals surface area contributed by atoms with E-state index < -0.39 is 0 Å². The monoisotopic (exact) mass is 215 g/mol. The molecule has 1 heterocycles. The Hall–Kier alpha value is -1.70. The Kier molecular flexibility index (Phi) is 3.00. The Balaban J connectivity index is 2.59. The second-order valence-electron chi connectivity index (χ2n) is 3.84. The van der Waals surface area contributed by atoms with Crippen molar-refractivity contribution in [3.05, 3.63) is 53.5 Å². The number of benzene rings is 1. The van der Waals surface area contributed by atoms with Gasteiger partial charge in [-0.05, 0) is 42.7 Å². The van der Waals surface area contributed by atoms with E-state index in [1.165, 1.54) is 6.07 Å². The van der Waals surface area contributed by atoms with E-state index in [0.717, 1.165) is 23.2 Å². The van der Waals surface area contributed by atoms with Gasteiger partial charge in [0.05, 0.1) is 5.69 Å². The predicted octanol–water partition coefficient (Wildman–Crippen LogP) is 3.76. The standard InChI is InChI=1S/C14H14FN/c1-3-11-6-7-13(15)12(9-11)14-10(2)5-4-8-16-14/h4-9H,3H2,1-2H3. The third kappa shape index (κ3) is 1.96. The van der Waals surface area contributed by atoms with Gasteiger partial charge in [-0.25, -0.2) is 4.39 Å². The second-order valence-corrected chi connectivity index (χ2v) is 3.84. The second kappa shape index (κ2) is 4.44. The molecule has 0 bridgehead atoms. The van der Waals surface area contributed by atoms with Gasteiger partial charge in [-0.3, -0.25) is 4.98 Å². The minimum absolute atomic E-state index is 0.209. The van der Waals surface area contributed by atoms with Gasteiger partial charge >= 0.3 is 0 Å². The van der Waals surface area contributed by atoms with E-state index in [1.807, 2.05) is 31.2 Å². The molecule has 1 nitrogen and oxygen atoms in total. The molecule has 0 amide bonds. The molecule has 16 heavy (non-hydrogen) atoms. The van der Waals surface area contributed by atoms with Gasteiger partial charge in [-0.2, -0.15) is 0 Å². The van der Waals surface area contributed by atoms with Crippen molar-refractivity contribution in [2.75, 3.05) is 0 Å². The van der Waals surface area contributed by atoms with Gasteiger partial charge in [0, 0.05) is 11.8 Å². The van der Waals surface area contributed by atoms with Crippen LogP contribution < -0.4 is 0 Å². The Morgan fingerprint density at radius 1 is 1.25 bits per heavy atom. The number of aromatic nitrogens is 1. The zero-order valence-electron chi connectivity index (χ0n) is 9.50. The highest BCUT2D eigenvalue weighted by molar-refractivity contribution is 5.64. The summed E-state index contributed by atoms with van der Waals surface area (Å²) in [7, 11) is 0. The molecule has 1 aromatic heterocycles. The first-order valence-electron chi connectivity index (χ1n) is 5.42. The van der Waals surface area contributed by atoms with Gasteiger partial charge in [0.2, 0.25) is 0 Å². The van der Waals surface area contributed by atoms with Crippen molar-refractivity contribution in [2.45, 2.75) is 20.3 Å². The predicted molar refractivity (Wildman–Crippen MR) is 63.7 cm³/mol. The lowest BCUT2D eigenvalue weighted by Gasteiger charge is -2.07. The topological polar surface area (TPSA) is 12.9 Å². The van der Waals surface area contributed by atoms with E-state index in [-0.39, 0.29) is 5.82 Å². The van der Waals surface area contributed by atoms with Crippen LogP contribution in [0.4, 0.5) is 4.39 Å². The maximum atomic E-state index is 13.7. The van der Waals surface area contributed by atoms with Crippen LogP contribution in [-0.2, 0) is 6.42 Å². The molecule has 1 aromatic carbocycles. The van der Waals surface area contributed by atoms with Crippen LogP contribution in [0.2, 0.25) is 0 Å². The molecule has 82 valence electrons. The average molecular weight is 215 g/mol. The zero-order chi connectivity index (χ0) is 11.5. The quantitative estimate of drug-likeness (QED) is 0.743. The molecule has 0 aliphatic heterocycles. The van der Waals surface area contributed by atoms with E-state index in [1.54, 1.807) is 6.20 Å². The Bertz CT molecular complexity index is 506. The van der Waals surface area contributed by atoms with Crippen molar-refractivity contribution >= 4 is 0 Å². The third-order valence-corrected chi connectivity index (χ3v) is 2.70. The van der Waals surface area contributed by atoms with Crippen molar-refractivity contribution < 1.29 is 4.39 Å². The van der Waals surface area contributed by atoms with Gasteiger partial charge in [0.25, 0.3) is 0 Å². The smallest absolute Gasteiger partial charge is 0.132 e. The van der Waals surface area contributed by atoms with Crippen LogP contribution in [0.3, 0.4) is 0 Å². The summed E-state index contributed by atoms with van der Waals surface area (Å²) >= 11 is 0. The molecule has 0 atom stereocenters. The van der Waals surface area contributed by atoms with E-state index in [0.29, 0.717) is 5.56 Å². The molecule has 2 aromatic rings. The first-order valence-corrected chi connectivity index (χ1v) is 5.42. The number of rotatable bonds is 2. The lowest BCUT2D eigenvalue weighted by molar-refractivity contribution is 0.630. The molecule has 0 radical (unpaired) electrons. The summed E-state index contributed by atoms with van der Waals surface area (Å²) in [6.07, 6.45) is 2.60. The van der Waals surface area contributed by atoms with Crippen LogP contribution in [0.15, 0.2) is 36.5 Å². The normalized spacial score (nSPS) is 10.4. The maximum Gasteiger partial charge on any atom is 0.132 e. The molecule has 0 N–H and O–H groups in total. The summed E-state index contributed by atoms with van der Waals surface area (Å²) in [5, 5.41) is 0. The van der Waals surface area contributed by atoms with Gasteiger partial charge in [0.1, 0.15) is 5.82 Å². The number of hydrogen-bond acceptors (Lipinski definition) is 1. The summed E-state index contributed by atoms with van der Waals surface area (Å²) < 4.78 is 13.7. The number of aryl methyl sites for hydroxylation is 2. The summed E-state index contributed by atoms with van der Waals surface area (Å²) in [5.74, 6) is -0.209. The molecular formula is C14H14FN. The van der Waals surface area contributed by atoms with Crippen LogP contribution in [0.1, 0.15) is 18.1 Å². The molecule has 0 aliphatic rings. The van der Waals surface area contributed by atoms with E-state index in [4.69, 9.17) is 0 Å². The van der Waals surface area contributed by atoms with Crippen molar-refractivity contribution in [1.29, 1.82) is 0 Å². The average Bonchev–Trinajstić information content (AvgIpc) is 2.31. The molecule has 0 unspecified atom stereocenters. The van der Waals surface area contributed by atoms with E-state index in [2.05, 4.69) is 11.9 Å². The Labute approximate surface area is 95.0 Å². The fourth-order valence-corrected chi connectivity index (χ4v) is 1.74. The van der Waals surface area contributed by atoms with Crippen molar-refractivity contribution in [2.24, 2.45) is 0 Å². The molecule has 0 saturated heterocycles. The summed E-state index contributed by atoms with van der Waals surface area (Å²) in [5.41, 5.74) is 3.45. The minimum atomic E-state index is -0.209.